The van der Waals surface area contributed by atoms with Crippen LogP contribution in [0.2, 0.25) is 0 Å². The monoisotopic (exact) mass is 369 g/mol. The number of nitrogens with zero attached hydrogens (tertiary/aromatic N) is 1. The maximum absolute atomic E-state index is 5.85. The number of hydrogen-bond donors (Lipinski definition) is 0. The van der Waals surface area contributed by atoms with E-state index in [-0.39, 0.29) is 5.41 Å². The van der Waals surface area contributed by atoms with E-state index in [1.165, 1.54) is 0 Å². The van der Waals surface area contributed by atoms with Gasteiger partial charge in [0.15, 0.2) is 11.5 Å². The molecule has 0 fully saturated rings. The van der Waals surface area contributed by atoms with Gasteiger partial charge in [-0.25, -0.2) is 4.98 Å². The highest BCUT2D eigenvalue weighted by Crippen LogP contribution is 2.30. The third kappa shape index (κ3) is 4.20. The Balaban J connectivity index is 2.08. The Kier molecular flexibility index (Phi) is 5.27. The van der Waals surface area contributed by atoms with Gasteiger partial charge < -0.3 is 9.47 Å². The zero-order chi connectivity index (χ0) is 15.5. The van der Waals surface area contributed by atoms with E-state index in [0.717, 1.165) is 33.1 Å². The lowest BCUT2D eigenvalue weighted by atomic mass is 9.93. The average Bonchev–Trinajstić information content (AvgIpc) is 2.94. The van der Waals surface area contributed by atoms with Gasteiger partial charge in [0, 0.05) is 16.1 Å². The lowest BCUT2D eigenvalue weighted by Crippen LogP contribution is -2.11. The van der Waals surface area contributed by atoms with Gasteiger partial charge in [-0.1, -0.05) is 42.8 Å². The molecule has 0 saturated heterocycles. The molecule has 2 rings (SSSR count). The number of benzene rings is 1. The van der Waals surface area contributed by atoms with Crippen LogP contribution in [0.3, 0.4) is 0 Å². The summed E-state index contributed by atoms with van der Waals surface area (Å²) < 4.78 is 11.2. The smallest absolute Gasteiger partial charge is 0.161 e. The zero-order valence-electron chi connectivity index (χ0n) is 12.8. The maximum Gasteiger partial charge on any atom is 0.161 e. The molecule has 2 aromatic rings. The molecule has 114 valence electrons. The van der Waals surface area contributed by atoms with Crippen molar-refractivity contribution in [1.82, 2.24) is 4.98 Å². The number of thiazole rings is 1. The normalized spacial score (nSPS) is 11.5. The number of methoxy groups -OCH3 is 1. The van der Waals surface area contributed by atoms with E-state index in [0.29, 0.717) is 6.61 Å². The first-order valence-corrected chi connectivity index (χ1v) is 8.74. The van der Waals surface area contributed by atoms with Crippen LogP contribution < -0.4 is 9.47 Å². The van der Waals surface area contributed by atoms with E-state index in [2.05, 4.69) is 47.1 Å². The number of aromatic nitrogens is 1. The predicted octanol–water partition coefficient (Wildman–Crippen LogP) is 4.92. The lowest BCUT2D eigenvalue weighted by molar-refractivity contribution is 0.283. The molecule has 0 spiro atoms. The molecule has 1 aromatic carbocycles. The van der Waals surface area contributed by atoms with Gasteiger partial charge in [0.25, 0.3) is 0 Å². The first-order chi connectivity index (χ1) is 9.94. The third-order valence-electron chi connectivity index (χ3n) is 3.05. The van der Waals surface area contributed by atoms with Crippen molar-refractivity contribution in [1.29, 1.82) is 0 Å². The van der Waals surface area contributed by atoms with Gasteiger partial charge >= 0.3 is 0 Å². The van der Waals surface area contributed by atoms with Crippen molar-refractivity contribution in [3.05, 3.63) is 39.8 Å². The summed E-state index contributed by atoms with van der Waals surface area (Å²) in [6.45, 7) is 6.95. The van der Waals surface area contributed by atoms with E-state index in [4.69, 9.17) is 9.47 Å². The van der Waals surface area contributed by atoms with E-state index in [1.54, 1.807) is 18.4 Å². The van der Waals surface area contributed by atoms with Crippen molar-refractivity contribution < 1.29 is 9.47 Å². The number of alkyl halides is 1. The molecule has 0 saturated carbocycles. The van der Waals surface area contributed by atoms with Crippen molar-refractivity contribution in [2.45, 2.75) is 38.1 Å². The Morgan fingerprint density at radius 3 is 2.57 bits per heavy atom. The molecule has 0 aliphatic rings. The second kappa shape index (κ2) is 6.79. The van der Waals surface area contributed by atoms with Gasteiger partial charge in [-0.3, -0.25) is 0 Å². The molecule has 0 aliphatic heterocycles. The molecule has 0 aliphatic carbocycles. The second-order valence-corrected chi connectivity index (χ2v) is 7.29. The van der Waals surface area contributed by atoms with Crippen LogP contribution >= 0.6 is 27.3 Å². The highest BCUT2D eigenvalue weighted by atomic mass is 79.9. The van der Waals surface area contributed by atoms with Crippen molar-refractivity contribution >= 4 is 27.3 Å². The van der Waals surface area contributed by atoms with Crippen LogP contribution in [0.15, 0.2) is 23.6 Å². The fourth-order valence-electron chi connectivity index (χ4n) is 1.78. The van der Waals surface area contributed by atoms with Crippen LogP contribution in [-0.4, -0.2) is 12.1 Å². The summed E-state index contributed by atoms with van der Waals surface area (Å²) in [7, 11) is 1.65. The van der Waals surface area contributed by atoms with Gasteiger partial charge in [-0.15, -0.1) is 11.3 Å². The molecule has 0 N–H and O–H groups in total. The molecule has 21 heavy (non-hydrogen) atoms. The number of hydrogen-bond acceptors (Lipinski definition) is 4. The van der Waals surface area contributed by atoms with E-state index in [1.807, 2.05) is 18.2 Å². The van der Waals surface area contributed by atoms with Gasteiger partial charge in [-0.2, -0.15) is 0 Å². The molecular weight excluding hydrogens is 350 g/mol. The van der Waals surface area contributed by atoms with Gasteiger partial charge in [0.2, 0.25) is 0 Å². The molecular formula is C16H20BrNO2S. The Morgan fingerprint density at radius 1 is 1.24 bits per heavy atom. The molecule has 1 heterocycles. The first kappa shape index (κ1) is 16.3. The van der Waals surface area contributed by atoms with Gasteiger partial charge in [0.1, 0.15) is 11.6 Å². The number of rotatable bonds is 5. The summed E-state index contributed by atoms with van der Waals surface area (Å²) >= 11 is 5.07. The quantitative estimate of drug-likeness (QED) is 0.700. The van der Waals surface area contributed by atoms with Gasteiger partial charge in [-0.05, 0) is 17.7 Å². The van der Waals surface area contributed by atoms with Crippen molar-refractivity contribution in [3.63, 3.8) is 0 Å². The first-order valence-electron chi connectivity index (χ1n) is 6.74. The molecule has 5 heteroatoms. The molecule has 0 radical (unpaired) electrons. The molecule has 1 aromatic heterocycles. The van der Waals surface area contributed by atoms with Crippen LogP contribution in [0.5, 0.6) is 11.5 Å². The number of halogens is 1. The second-order valence-electron chi connectivity index (χ2n) is 5.78. The molecule has 3 nitrogen and oxygen atoms in total. The van der Waals surface area contributed by atoms with Crippen molar-refractivity contribution in [2.24, 2.45) is 0 Å². The zero-order valence-corrected chi connectivity index (χ0v) is 15.2. The van der Waals surface area contributed by atoms with E-state index in [9.17, 15) is 0 Å². The Morgan fingerprint density at radius 2 is 2.00 bits per heavy atom. The van der Waals surface area contributed by atoms with Crippen molar-refractivity contribution in [3.8, 4) is 11.5 Å². The predicted molar refractivity (Wildman–Crippen MR) is 90.8 cm³/mol. The minimum absolute atomic E-state index is 0.0734. The molecule has 0 unspecified atom stereocenters. The molecule has 0 amide bonds. The summed E-state index contributed by atoms with van der Waals surface area (Å²) in [5.41, 5.74) is 2.33. The highest BCUT2D eigenvalue weighted by Gasteiger charge is 2.17. The summed E-state index contributed by atoms with van der Waals surface area (Å²) in [6.07, 6.45) is 0. The van der Waals surface area contributed by atoms with Crippen LogP contribution in [0.25, 0.3) is 0 Å². The minimum atomic E-state index is 0.0734. The van der Waals surface area contributed by atoms with Gasteiger partial charge in [0.05, 0.1) is 12.8 Å². The Bertz CT molecular complexity index is 605. The molecule has 0 bridgehead atoms. The minimum Gasteiger partial charge on any atom is -0.493 e. The fraction of sp³-hybridized carbons (Fsp3) is 0.438. The Labute approximate surface area is 138 Å². The molecule has 0 atom stereocenters. The van der Waals surface area contributed by atoms with E-state index < -0.39 is 0 Å². The third-order valence-corrected chi connectivity index (χ3v) is 4.52. The maximum atomic E-state index is 5.85. The summed E-state index contributed by atoms with van der Waals surface area (Å²) in [6, 6.07) is 5.94. The van der Waals surface area contributed by atoms with Crippen LogP contribution in [-0.2, 0) is 17.4 Å². The average molecular weight is 370 g/mol. The standard InChI is InChI=1S/C16H20BrNO2S/c1-16(2,3)14-10-21-15(18-14)9-20-12-6-5-11(8-17)7-13(12)19-4/h5-7,10H,8-9H2,1-4H3. The number of ether oxygens (including phenoxy) is 2. The van der Waals surface area contributed by atoms with Crippen molar-refractivity contribution in [2.75, 3.05) is 7.11 Å². The van der Waals surface area contributed by atoms with Crippen LogP contribution in [0.4, 0.5) is 0 Å². The lowest BCUT2D eigenvalue weighted by Gasteiger charge is -2.14. The Hall–Kier alpha value is -1.07. The van der Waals surface area contributed by atoms with Crippen LogP contribution in [0.1, 0.15) is 37.0 Å². The summed E-state index contributed by atoms with van der Waals surface area (Å²) in [5, 5.41) is 3.88. The summed E-state index contributed by atoms with van der Waals surface area (Å²) in [5.74, 6) is 1.49. The highest BCUT2D eigenvalue weighted by molar-refractivity contribution is 9.08. The summed E-state index contributed by atoms with van der Waals surface area (Å²) in [4.78, 5) is 4.63. The van der Waals surface area contributed by atoms with Crippen LogP contribution in [0, 0.1) is 0 Å². The largest absolute Gasteiger partial charge is 0.493 e. The SMILES string of the molecule is COc1cc(CBr)ccc1OCc1nc(C(C)(C)C)cs1. The van der Waals surface area contributed by atoms with E-state index >= 15 is 0 Å². The fourth-order valence-corrected chi connectivity index (χ4v) is 3.06. The topological polar surface area (TPSA) is 31.4 Å².